The standard InChI is InChI=1S/C18H23ClN2O2/c1-10(2)15-6-17-12(5-16(15)19)4-14(21-17)7-20-18(22)11(3)13-8-23-9-13/h4-6,10-11,13,21H,7-9H2,1-3H3,(H,20,22). The Labute approximate surface area is 141 Å². The molecule has 1 saturated heterocycles. The molecular weight excluding hydrogens is 312 g/mol. The van der Waals surface area contributed by atoms with Crippen LogP contribution in [0.3, 0.4) is 0 Å². The second-order valence-electron chi connectivity index (χ2n) is 6.71. The van der Waals surface area contributed by atoms with Crippen LogP contribution in [0.4, 0.5) is 0 Å². The van der Waals surface area contributed by atoms with Crippen LogP contribution >= 0.6 is 11.6 Å². The smallest absolute Gasteiger partial charge is 0.223 e. The van der Waals surface area contributed by atoms with Crippen molar-refractivity contribution in [3.8, 4) is 0 Å². The average Bonchev–Trinajstić information content (AvgIpc) is 2.83. The van der Waals surface area contributed by atoms with Gasteiger partial charge in [-0.2, -0.15) is 0 Å². The highest BCUT2D eigenvalue weighted by atomic mass is 35.5. The highest BCUT2D eigenvalue weighted by Gasteiger charge is 2.29. The zero-order valence-corrected chi connectivity index (χ0v) is 14.5. The number of H-pyrrole nitrogens is 1. The third-order valence-corrected chi connectivity index (χ3v) is 4.98. The van der Waals surface area contributed by atoms with E-state index in [1.165, 1.54) is 0 Å². The molecule has 1 aromatic heterocycles. The molecule has 4 nitrogen and oxygen atoms in total. The number of ether oxygens (including phenoxy) is 1. The van der Waals surface area contributed by atoms with Crippen molar-refractivity contribution in [2.45, 2.75) is 33.2 Å². The van der Waals surface area contributed by atoms with Crippen molar-refractivity contribution >= 4 is 28.4 Å². The van der Waals surface area contributed by atoms with Gasteiger partial charge in [-0.1, -0.05) is 32.4 Å². The van der Waals surface area contributed by atoms with E-state index in [1.807, 2.05) is 19.1 Å². The van der Waals surface area contributed by atoms with Gasteiger partial charge < -0.3 is 15.0 Å². The van der Waals surface area contributed by atoms with E-state index in [0.29, 0.717) is 31.6 Å². The first-order chi connectivity index (χ1) is 11.0. The van der Waals surface area contributed by atoms with E-state index in [2.05, 4.69) is 30.2 Å². The van der Waals surface area contributed by atoms with Gasteiger partial charge in [0.05, 0.1) is 19.8 Å². The molecule has 1 aliphatic heterocycles. The van der Waals surface area contributed by atoms with E-state index >= 15 is 0 Å². The maximum absolute atomic E-state index is 12.2. The van der Waals surface area contributed by atoms with Gasteiger partial charge >= 0.3 is 0 Å². The van der Waals surface area contributed by atoms with Gasteiger partial charge in [-0.15, -0.1) is 0 Å². The molecule has 5 heteroatoms. The first-order valence-corrected chi connectivity index (χ1v) is 8.50. The minimum Gasteiger partial charge on any atom is -0.381 e. The van der Waals surface area contributed by atoms with Crippen molar-refractivity contribution in [1.29, 1.82) is 0 Å². The van der Waals surface area contributed by atoms with Crippen LogP contribution in [-0.2, 0) is 16.1 Å². The largest absolute Gasteiger partial charge is 0.381 e. The van der Waals surface area contributed by atoms with Crippen LogP contribution in [0.25, 0.3) is 10.9 Å². The number of aromatic amines is 1. The fraction of sp³-hybridized carbons (Fsp3) is 0.500. The van der Waals surface area contributed by atoms with Crippen LogP contribution in [0.2, 0.25) is 5.02 Å². The first kappa shape index (κ1) is 16.3. The topological polar surface area (TPSA) is 54.1 Å². The van der Waals surface area contributed by atoms with E-state index in [-0.39, 0.29) is 11.8 Å². The maximum Gasteiger partial charge on any atom is 0.223 e. The molecule has 0 radical (unpaired) electrons. The normalized spacial score (nSPS) is 16.6. The van der Waals surface area contributed by atoms with Crippen molar-refractivity contribution in [2.75, 3.05) is 13.2 Å². The lowest BCUT2D eigenvalue weighted by molar-refractivity contribution is -0.134. The SMILES string of the molecule is CC(C)c1cc2[nH]c(CNC(=O)C(C)C3COC3)cc2cc1Cl. The third-order valence-electron chi connectivity index (χ3n) is 4.65. The molecule has 2 heterocycles. The Morgan fingerprint density at radius 1 is 1.35 bits per heavy atom. The van der Waals surface area contributed by atoms with Gasteiger partial charge in [0.25, 0.3) is 0 Å². The zero-order valence-electron chi connectivity index (χ0n) is 13.8. The van der Waals surface area contributed by atoms with Gasteiger partial charge in [0.15, 0.2) is 0 Å². The Bertz CT molecular complexity index is 719. The van der Waals surface area contributed by atoms with E-state index in [9.17, 15) is 4.79 Å². The molecule has 0 bridgehead atoms. The fourth-order valence-electron chi connectivity index (χ4n) is 2.87. The number of hydrogen-bond donors (Lipinski definition) is 2. The van der Waals surface area contributed by atoms with Gasteiger partial charge in [0.2, 0.25) is 5.91 Å². The second-order valence-corrected chi connectivity index (χ2v) is 7.12. The number of carbonyl (C=O) groups excluding carboxylic acids is 1. The molecule has 0 aliphatic carbocycles. The van der Waals surface area contributed by atoms with Crippen LogP contribution < -0.4 is 5.32 Å². The van der Waals surface area contributed by atoms with Gasteiger partial charge in [0.1, 0.15) is 0 Å². The first-order valence-electron chi connectivity index (χ1n) is 8.12. The summed E-state index contributed by atoms with van der Waals surface area (Å²) in [6, 6.07) is 6.13. The molecule has 1 unspecified atom stereocenters. The summed E-state index contributed by atoms with van der Waals surface area (Å²) in [6.07, 6.45) is 0. The van der Waals surface area contributed by atoms with E-state index < -0.39 is 0 Å². The number of amides is 1. The lowest BCUT2D eigenvalue weighted by Gasteiger charge is -2.30. The Morgan fingerprint density at radius 3 is 2.70 bits per heavy atom. The number of halogens is 1. The minimum atomic E-state index is -0.00452. The lowest BCUT2D eigenvalue weighted by Crippen LogP contribution is -2.41. The highest BCUT2D eigenvalue weighted by Crippen LogP contribution is 2.29. The van der Waals surface area contributed by atoms with E-state index in [1.54, 1.807) is 0 Å². The van der Waals surface area contributed by atoms with Crippen LogP contribution in [-0.4, -0.2) is 24.1 Å². The van der Waals surface area contributed by atoms with Gasteiger partial charge in [-0.25, -0.2) is 0 Å². The van der Waals surface area contributed by atoms with E-state index in [4.69, 9.17) is 16.3 Å². The molecule has 1 aliphatic rings. The Hall–Kier alpha value is -1.52. The van der Waals surface area contributed by atoms with Gasteiger partial charge in [0, 0.05) is 33.5 Å². The predicted molar refractivity (Wildman–Crippen MR) is 92.7 cm³/mol. The number of aromatic nitrogens is 1. The molecule has 1 aromatic carbocycles. The molecule has 23 heavy (non-hydrogen) atoms. The summed E-state index contributed by atoms with van der Waals surface area (Å²) in [4.78, 5) is 15.5. The molecule has 0 saturated carbocycles. The molecule has 124 valence electrons. The van der Waals surface area contributed by atoms with Crippen molar-refractivity contribution in [2.24, 2.45) is 11.8 Å². The summed E-state index contributed by atoms with van der Waals surface area (Å²) in [5.74, 6) is 0.807. The van der Waals surface area contributed by atoms with E-state index in [0.717, 1.165) is 27.2 Å². The molecule has 2 aromatic rings. The highest BCUT2D eigenvalue weighted by molar-refractivity contribution is 6.32. The number of benzene rings is 1. The Morgan fingerprint density at radius 2 is 2.09 bits per heavy atom. The number of nitrogens with one attached hydrogen (secondary N) is 2. The number of rotatable bonds is 5. The maximum atomic E-state index is 12.2. The second kappa shape index (κ2) is 6.54. The predicted octanol–water partition coefficient (Wildman–Crippen LogP) is 3.84. The molecule has 0 spiro atoms. The summed E-state index contributed by atoms with van der Waals surface area (Å²) in [7, 11) is 0. The summed E-state index contributed by atoms with van der Waals surface area (Å²) in [5.41, 5.74) is 3.18. The zero-order chi connectivity index (χ0) is 16.6. The lowest BCUT2D eigenvalue weighted by atomic mass is 9.92. The molecular formula is C18H23ClN2O2. The van der Waals surface area contributed by atoms with Crippen LogP contribution in [0.5, 0.6) is 0 Å². The van der Waals surface area contributed by atoms with Gasteiger partial charge in [-0.05, 0) is 29.7 Å². The molecule has 1 fully saturated rings. The van der Waals surface area contributed by atoms with Crippen LogP contribution in [0, 0.1) is 11.8 Å². The molecule has 1 atom stereocenters. The van der Waals surface area contributed by atoms with Crippen LogP contribution in [0.15, 0.2) is 18.2 Å². The Kier molecular flexibility index (Phi) is 4.64. The molecule has 2 N–H and O–H groups in total. The summed E-state index contributed by atoms with van der Waals surface area (Å²) >= 11 is 6.34. The molecule has 1 amide bonds. The van der Waals surface area contributed by atoms with Crippen molar-refractivity contribution in [1.82, 2.24) is 10.3 Å². The van der Waals surface area contributed by atoms with Crippen molar-refractivity contribution < 1.29 is 9.53 Å². The summed E-state index contributed by atoms with van der Waals surface area (Å²) in [5, 5.41) is 4.87. The monoisotopic (exact) mass is 334 g/mol. The average molecular weight is 335 g/mol. The third kappa shape index (κ3) is 3.38. The Balaban J connectivity index is 1.69. The number of fused-ring (bicyclic) bond motifs is 1. The van der Waals surface area contributed by atoms with Crippen molar-refractivity contribution in [3.63, 3.8) is 0 Å². The number of carbonyl (C=O) groups is 1. The summed E-state index contributed by atoms with van der Waals surface area (Å²) < 4.78 is 5.15. The number of hydrogen-bond acceptors (Lipinski definition) is 2. The van der Waals surface area contributed by atoms with Gasteiger partial charge in [-0.3, -0.25) is 4.79 Å². The molecule has 3 rings (SSSR count). The quantitative estimate of drug-likeness (QED) is 0.872. The van der Waals surface area contributed by atoms with Crippen LogP contribution in [0.1, 0.15) is 37.9 Å². The minimum absolute atomic E-state index is 0.00452. The van der Waals surface area contributed by atoms with Crippen molar-refractivity contribution in [3.05, 3.63) is 34.5 Å². The fourth-order valence-corrected chi connectivity index (χ4v) is 3.26. The summed E-state index contributed by atoms with van der Waals surface area (Å²) in [6.45, 7) is 8.10.